The van der Waals surface area contributed by atoms with Crippen LogP contribution < -0.4 is 0 Å². The number of hydrogen-bond acceptors (Lipinski definition) is 3. The minimum absolute atomic E-state index is 0.638. The Morgan fingerprint density at radius 1 is 0.203 bits per heavy atom. The maximum Gasteiger partial charge on any atom is 0.164 e. The second kappa shape index (κ2) is 15.6. The van der Waals surface area contributed by atoms with Gasteiger partial charge in [0.05, 0.1) is 33.1 Å². The Morgan fingerprint density at radius 3 is 0.870 bits per heavy atom. The van der Waals surface area contributed by atoms with E-state index in [-0.39, 0.29) is 0 Å². The van der Waals surface area contributed by atoms with Crippen LogP contribution in [-0.4, -0.2) is 28.7 Å². The lowest BCUT2D eigenvalue weighted by molar-refractivity contribution is 1.07. The predicted molar refractivity (Wildman–Crippen MR) is 285 cm³/mol. The third kappa shape index (κ3) is 6.30. The molecule has 0 aliphatic rings. The van der Waals surface area contributed by atoms with Gasteiger partial charge in [-0.2, -0.15) is 0 Å². The van der Waals surface area contributed by atoms with Crippen LogP contribution in [0.3, 0.4) is 0 Å². The average molecular weight is 881 g/mol. The van der Waals surface area contributed by atoms with Crippen molar-refractivity contribution in [3.8, 4) is 62.4 Å². The minimum Gasteiger partial charge on any atom is -0.309 e. The van der Waals surface area contributed by atoms with E-state index in [1.54, 1.807) is 0 Å². The molecule has 14 rings (SSSR count). The number of nitrogens with zero attached hydrogens (tertiary/aromatic N) is 6. The van der Waals surface area contributed by atoms with E-state index in [9.17, 15) is 0 Å². The molecule has 0 aliphatic carbocycles. The SMILES string of the molecule is c1ccc(-c2nc(-c3ccccc3)nc(-c3ccc(-c4ccc(-n5c6ccc(-n7c8ccccc8c8ccccc87)cc6c6cc(-n7c8ccccc8c8ccccc87)ccc65)cc4)cc3)n2)cc1. The molecule has 6 heteroatoms. The molecule has 0 N–H and O–H groups in total. The van der Waals surface area contributed by atoms with Crippen molar-refractivity contribution in [1.82, 2.24) is 28.7 Å². The molecule has 69 heavy (non-hydrogen) atoms. The Kier molecular flexibility index (Phi) is 8.79. The van der Waals surface area contributed by atoms with Crippen LogP contribution in [0.4, 0.5) is 0 Å². The highest BCUT2D eigenvalue weighted by molar-refractivity contribution is 6.14. The van der Waals surface area contributed by atoms with E-state index >= 15 is 0 Å². The summed E-state index contributed by atoms with van der Waals surface area (Å²) in [5.41, 5.74) is 15.5. The summed E-state index contributed by atoms with van der Waals surface area (Å²) in [6.45, 7) is 0. The van der Waals surface area contributed by atoms with Gasteiger partial charge in [0.25, 0.3) is 0 Å². The van der Waals surface area contributed by atoms with Crippen molar-refractivity contribution >= 4 is 65.4 Å². The summed E-state index contributed by atoms with van der Waals surface area (Å²) in [5, 5.41) is 7.38. The maximum absolute atomic E-state index is 4.96. The van der Waals surface area contributed by atoms with Crippen LogP contribution in [0.15, 0.2) is 243 Å². The van der Waals surface area contributed by atoms with E-state index in [2.05, 4.69) is 196 Å². The smallest absolute Gasteiger partial charge is 0.164 e. The molecule has 0 radical (unpaired) electrons. The fourth-order valence-corrected chi connectivity index (χ4v) is 10.5. The molecule has 10 aromatic carbocycles. The molecule has 0 unspecified atom stereocenters. The van der Waals surface area contributed by atoms with Crippen LogP contribution in [-0.2, 0) is 0 Å². The first-order valence-electron chi connectivity index (χ1n) is 23.4. The molecule has 0 aliphatic heterocycles. The van der Waals surface area contributed by atoms with E-state index in [0.717, 1.165) is 55.9 Å². The van der Waals surface area contributed by atoms with Gasteiger partial charge in [-0.15, -0.1) is 0 Å². The van der Waals surface area contributed by atoms with E-state index in [0.29, 0.717) is 17.5 Å². The monoisotopic (exact) mass is 880 g/mol. The van der Waals surface area contributed by atoms with Crippen molar-refractivity contribution in [1.29, 1.82) is 0 Å². The highest BCUT2D eigenvalue weighted by Gasteiger charge is 2.19. The van der Waals surface area contributed by atoms with Crippen molar-refractivity contribution in [2.24, 2.45) is 0 Å². The maximum atomic E-state index is 4.96. The molecule has 0 amide bonds. The van der Waals surface area contributed by atoms with Crippen LogP contribution in [0, 0.1) is 0 Å². The molecule has 6 nitrogen and oxygen atoms in total. The first-order chi connectivity index (χ1) is 34.2. The van der Waals surface area contributed by atoms with Crippen LogP contribution in [0.2, 0.25) is 0 Å². The van der Waals surface area contributed by atoms with Gasteiger partial charge in [-0.3, -0.25) is 0 Å². The van der Waals surface area contributed by atoms with E-state index in [4.69, 9.17) is 15.0 Å². The molecule has 4 aromatic heterocycles. The van der Waals surface area contributed by atoms with Gasteiger partial charge in [-0.1, -0.05) is 170 Å². The molecule has 14 aromatic rings. The van der Waals surface area contributed by atoms with Crippen LogP contribution in [0.1, 0.15) is 0 Å². The van der Waals surface area contributed by atoms with Crippen LogP contribution in [0.25, 0.3) is 128 Å². The van der Waals surface area contributed by atoms with Gasteiger partial charge in [0.1, 0.15) is 0 Å². The second-order valence-corrected chi connectivity index (χ2v) is 17.6. The van der Waals surface area contributed by atoms with Gasteiger partial charge in [0, 0.05) is 66.1 Å². The lowest BCUT2D eigenvalue weighted by Gasteiger charge is -2.12. The molecule has 0 saturated heterocycles. The predicted octanol–water partition coefficient (Wildman–Crippen LogP) is 15.8. The van der Waals surface area contributed by atoms with E-state index < -0.39 is 0 Å². The summed E-state index contributed by atoms with van der Waals surface area (Å²) in [7, 11) is 0. The summed E-state index contributed by atoms with van der Waals surface area (Å²) < 4.78 is 7.24. The third-order valence-electron chi connectivity index (χ3n) is 13.7. The van der Waals surface area contributed by atoms with Crippen molar-refractivity contribution in [3.63, 3.8) is 0 Å². The Hall–Kier alpha value is -9.39. The second-order valence-electron chi connectivity index (χ2n) is 17.6. The molecule has 4 heterocycles. The lowest BCUT2D eigenvalue weighted by Crippen LogP contribution is -2.00. The molecular formula is C63H40N6. The first-order valence-corrected chi connectivity index (χ1v) is 23.4. The lowest BCUT2D eigenvalue weighted by atomic mass is 10.0. The molecule has 322 valence electrons. The molecule has 0 saturated carbocycles. The molecular weight excluding hydrogens is 841 g/mol. The van der Waals surface area contributed by atoms with Gasteiger partial charge in [0.2, 0.25) is 0 Å². The molecule has 0 fully saturated rings. The number of hydrogen-bond donors (Lipinski definition) is 0. The Morgan fingerprint density at radius 2 is 0.478 bits per heavy atom. The quantitative estimate of drug-likeness (QED) is 0.160. The zero-order valence-corrected chi connectivity index (χ0v) is 37.3. The standard InChI is InChI=1S/C63H40N6/c1-3-15-43(16-4-1)61-64-62(44-17-5-2-6-18-44)66-63(65-61)45-29-27-41(28-30-45)42-31-33-46(34-32-42)67-59-37-35-47(68-55-23-11-7-19-49(55)50-20-8-12-24-56(50)68)39-53(59)54-40-48(36-38-60(54)67)69-57-25-13-9-21-51(57)52-22-10-14-26-58(52)69/h1-40H. The highest BCUT2D eigenvalue weighted by Crippen LogP contribution is 2.40. The fraction of sp³-hybridized carbons (Fsp3) is 0. The van der Waals surface area contributed by atoms with Gasteiger partial charge < -0.3 is 13.7 Å². The number of rotatable bonds is 7. The van der Waals surface area contributed by atoms with Crippen LogP contribution >= 0.6 is 0 Å². The highest BCUT2D eigenvalue weighted by atomic mass is 15.0. The first kappa shape index (κ1) is 38.8. The summed E-state index contributed by atoms with van der Waals surface area (Å²) in [4.78, 5) is 14.8. The third-order valence-corrected chi connectivity index (χ3v) is 13.7. The van der Waals surface area contributed by atoms with Gasteiger partial charge >= 0.3 is 0 Å². The minimum atomic E-state index is 0.638. The summed E-state index contributed by atoms with van der Waals surface area (Å²) in [6.07, 6.45) is 0. The number of aromatic nitrogens is 6. The van der Waals surface area contributed by atoms with Crippen molar-refractivity contribution in [2.45, 2.75) is 0 Å². The van der Waals surface area contributed by atoms with Crippen molar-refractivity contribution in [2.75, 3.05) is 0 Å². The topological polar surface area (TPSA) is 53.5 Å². The number of benzene rings is 10. The van der Waals surface area contributed by atoms with E-state index in [1.165, 1.54) is 54.4 Å². The Labute approximate surface area is 397 Å². The molecule has 0 atom stereocenters. The Balaban J connectivity index is 0.891. The van der Waals surface area contributed by atoms with Crippen molar-refractivity contribution < 1.29 is 0 Å². The summed E-state index contributed by atoms with van der Waals surface area (Å²) in [5.74, 6) is 1.93. The average Bonchev–Trinajstić information content (AvgIpc) is 4.07. The van der Waals surface area contributed by atoms with E-state index in [1.807, 2.05) is 60.7 Å². The number of fused-ring (bicyclic) bond motifs is 9. The Bertz CT molecular complexity index is 3940. The fourth-order valence-electron chi connectivity index (χ4n) is 10.5. The number of para-hydroxylation sites is 4. The van der Waals surface area contributed by atoms with Gasteiger partial charge in [0.15, 0.2) is 17.5 Å². The zero-order chi connectivity index (χ0) is 45.4. The van der Waals surface area contributed by atoms with Crippen molar-refractivity contribution in [3.05, 3.63) is 243 Å². The molecule has 0 bridgehead atoms. The largest absolute Gasteiger partial charge is 0.309 e. The van der Waals surface area contributed by atoms with Gasteiger partial charge in [-0.05, 0) is 83.9 Å². The zero-order valence-electron chi connectivity index (χ0n) is 37.3. The van der Waals surface area contributed by atoms with Gasteiger partial charge in [-0.25, -0.2) is 15.0 Å². The molecule has 0 spiro atoms. The normalized spacial score (nSPS) is 11.8. The van der Waals surface area contributed by atoms with Crippen LogP contribution in [0.5, 0.6) is 0 Å². The summed E-state index contributed by atoms with van der Waals surface area (Å²) >= 11 is 0. The summed E-state index contributed by atoms with van der Waals surface area (Å²) in [6, 6.07) is 86.5.